The second-order valence-corrected chi connectivity index (χ2v) is 9.03. The summed E-state index contributed by atoms with van der Waals surface area (Å²) in [4.78, 5) is 28.6. The first-order chi connectivity index (χ1) is 16.9. The van der Waals surface area contributed by atoms with Crippen molar-refractivity contribution in [2.24, 2.45) is 0 Å². The standard InChI is InChI=1S/C26H22FN5O2S/c1-17-13-20(16-30-23(17)28-2)31-24(33)26(9-4-10-26)32(25(31)35)19-6-7-21(27)22(14-19)34-12-8-18-5-3-11-29-15-18/h3,5-7,11,13-16H,4,8-10,12H2,1H3. The van der Waals surface area contributed by atoms with Gasteiger partial charge in [0.1, 0.15) is 11.7 Å². The Hall–Kier alpha value is -3.90. The van der Waals surface area contributed by atoms with Crippen molar-refractivity contribution in [2.75, 3.05) is 16.4 Å². The Kier molecular flexibility index (Phi) is 5.91. The monoisotopic (exact) mass is 487 g/mol. The summed E-state index contributed by atoms with van der Waals surface area (Å²) < 4.78 is 20.4. The number of hydrogen-bond acceptors (Lipinski definition) is 5. The smallest absolute Gasteiger partial charge is 0.272 e. The van der Waals surface area contributed by atoms with Crippen LogP contribution in [-0.2, 0) is 11.2 Å². The van der Waals surface area contributed by atoms with Gasteiger partial charge in [0.15, 0.2) is 16.7 Å². The van der Waals surface area contributed by atoms with Crippen molar-refractivity contribution < 1.29 is 13.9 Å². The number of nitrogens with zero attached hydrogens (tertiary/aromatic N) is 5. The zero-order chi connectivity index (χ0) is 24.6. The lowest BCUT2D eigenvalue weighted by molar-refractivity contribution is -0.123. The molecule has 1 aromatic carbocycles. The molecule has 5 rings (SSSR count). The van der Waals surface area contributed by atoms with Gasteiger partial charge in [-0.25, -0.2) is 4.39 Å². The van der Waals surface area contributed by atoms with Crippen molar-refractivity contribution in [3.8, 4) is 5.75 Å². The minimum atomic E-state index is -0.811. The van der Waals surface area contributed by atoms with E-state index >= 15 is 0 Å². The van der Waals surface area contributed by atoms with Crippen LogP contribution in [0.5, 0.6) is 5.75 Å². The number of benzene rings is 1. The summed E-state index contributed by atoms with van der Waals surface area (Å²) in [5.41, 5.74) is 1.97. The lowest BCUT2D eigenvalue weighted by atomic mass is 9.75. The van der Waals surface area contributed by atoms with Crippen LogP contribution in [0.15, 0.2) is 55.0 Å². The molecule has 0 N–H and O–H groups in total. The molecule has 3 aromatic rings. The number of anilines is 2. The van der Waals surface area contributed by atoms with Gasteiger partial charge >= 0.3 is 0 Å². The Morgan fingerprint density at radius 1 is 1.23 bits per heavy atom. The highest BCUT2D eigenvalue weighted by Gasteiger charge is 2.59. The number of pyridine rings is 2. The quantitative estimate of drug-likeness (QED) is 0.354. The van der Waals surface area contributed by atoms with Crippen LogP contribution < -0.4 is 14.5 Å². The minimum Gasteiger partial charge on any atom is -0.490 e. The number of carbonyl (C=O) groups excluding carboxylic acids is 1. The van der Waals surface area contributed by atoms with Crippen LogP contribution in [0.1, 0.15) is 30.4 Å². The van der Waals surface area contributed by atoms with Crippen LogP contribution in [0.25, 0.3) is 4.85 Å². The van der Waals surface area contributed by atoms with Gasteiger partial charge in [-0.05, 0) is 73.8 Å². The van der Waals surface area contributed by atoms with Crippen molar-refractivity contribution in [2.45, 2.75) is 38.1 Å². The van der Waals surface area contributed by atoms with Gasteiger partial charge in [-0.3, -0.25) is 14.7 Å². The summed E-state index contributed by atoms with van der Waals surface area (Å²) in [6, 6.07) is 10.1. The molecule has 35 heavy (non-hydrogen) atoms. The van der Waals surface area contributed by atoms with E-state index in [0.717, 1.165) is 12.0 Å². The molecule has 1 saturated carbocycles. The molecule has 0 atom stereocenters. The van der Waals surface area contributed by atoms with Crippen molar-refractivity contribution >= 4 is 40.4 Å². The summed E-state index contributed by atoms with van der Waals surface area (Å²) in [6.07, 6.45) is 7.71. The lowest BCUT2D eigenvalue weighted by Crippen LogP contribution is -2.55. The van der Waals surface area contributed by atoms with E-state index in [1.807, 2.05) is 17.0 Å². The molecule has 0 radical (unpaired) electrons. The van der Waals surface area contributed by atoms with Gasteiger partial charge in [-0.15, -0.1) is 4.98 Å². The minimum absolute atomic E-state index is 0.105. The number of halogens is 1. The molecule has 176 valence electrons. The first-order valence-corrected chi connectivity index (χ1v) is 11.7. The molecule has 2 aliphatic rings. The van der Waals surface area contributed by atoms with Gasteiger partial charge in [0.25, 0.3) is 11.7 Å². The van der Waals surface area contributed by atoms with Gasteiger partial charge in [0.05, 0.1) is 12.3 Å². The fourth-order valence-corrected chi connectivity index (χ4v) is 5.04. The predicted molar refractivity (Wildman–Crippen MR) is 134 cm³/mol. The van der Waals surface area contributed by atoms with Gasteiger partial charge in [0.2, 0.25) is 0 Å². The molecule has 1 aliphatic heterocycles. The van der Waals surface area contributed by atoms with E-state index in [-0.39, 0.29) is 24.1 Å². The zero-order valence-electron chi connectivity index (χ0n) is 19.1. The molecule has 1 saturated heterocycles. The maximum atomic E-state index is 14.6. The molecule has 1 amide bonds. The largest absolute Gasteiger partial charge is 0.490 e. The average Bonchev–Trinajstić information content (AvgIpc) is 3.07. The highest BCUT2D eigenvalue weighted by molar-refractivity contribution is 7.81. The Labute approximate surface area is 208 Å². The second-order valence-electron chi connectivity index (χ2n) is 8.66. The first-order valence-electron chi connectivity index (χ1n) is 11.3. The molecule has 9 heteroatoms. The normalized spacial score (nSPS) is 16.4. The second kappa shape index (κ2) is 9.04. The molecule has 0 bridgehead atoms. The van der Waals surface area contributed by atoms with Crippen LogP contribution in [0.4, 0.5) is 21.6 Å². The fourth-order valence-electron chi connectivity index (χ4n) is 4.57. The number of aromatic nitrogens is 2. The topological polar surface area (TPSA) is 62.9 Å². The molecule has 2 fully saturated rings. The maximum Gasteiger partial charge on any atom is 0.272 e. The van der Waals surface area contributed by atoms with Gasteiger partial charge in [-0.2, -0.15) is 0 Å². The van der Waals surface area contributed by atoms with Crippen molar-refractivity contribution in [1.29, 1.82) is 0 Å². The van der Waals surface area contributed by atoms with Crippen molar-refractivity contribution in [1.82, 2.24) is 9.97 Å². The number of hydrogen-bond donors (Lipinski definition) is 0. The maximum absolute atomic E-state index is 14.6. The van der Waals surface area contributed by atoms with Crippen LogP contribution in [0.2, 0.25) is 0 Å². The molecular formula is C26H22FN5O2S. The summed E-state index contributed by atoms with van der Waals surface area (Å²) >= 11 is 5.79. The predicted octanol–water partition coefficient (Wildman–Crippen LogP) is 5.16. The van der Waals surface area contributed by atoms with Crippen LogP contribution in [0, 0.1) is 19.3 Å². The number of aryl methyl sites for hydroxylation is 1. The molecule has 1 spiro atoms. The molecule has 7 nitrogen and oxygen atoms in total. The summed E-state index contributed by atoms with van der Waals surface area (Å²) in [5.74, 6) is -0.221. The van der Waals surface area contributed by atoms with E-state index < -0.39 is 11.4 Å². The van der Waals surface area contributed by atoms with E-state index in [1.54, 1.807) is 37.5 Å². The Morgan fingerprint density at radius 2 is 2.06 bits per heavy atom. The highest BCUT2D eigenvalue weighted by Crippen LogP contribution is 2.48. The third-order valence-electron chi connectivity index (χ3n) is 6.54. The van der Waals surface area contributed by atoms with Gasteiger partial charge < -0.3 is 14.5 Å². The van der Waals surface area contributed by atoms with Gasteiger partial charge in [0, 0.05) is 30.6 Å². The van der Waals surface area contributed by atoms with E-state index in [0.29, 0.717) is 41.3 Å². The summed E-state index contributed by atoms with van der Waals surface area (Å²) in [7, 11) is 0. The Balaban J connectivity index is 1.44. The van der Waals surface area contributed by atoms with Crippen LogP contribution in [0.3, 0.4) is 0 Å². The number of ether oxygens (including phenoxy) is 1. The Morgan fingerprint density at radius 3 is 2.71 bits per heavy atom. The van der Waals surface area contributed by atoms with E-state index in [4.69, 9.17) is 23.5 Å². The van der Waals surface area contributed by atoms with E-state index in [2.05, 4.69) is 14.8 Å². The van der Waals surface area contributed by atoms with Gasteiger partial charge in [-0.1, -0.05) is 12.6 Å². The number of amides is 1. The molecule has 2 aromatic heterocycles. The Bertz CT molecular complexity index is 1350. The average molecular weight is 488 g/mol. The summed E-state index contributed by atoms with van der Waals surface area (Å²) in [6.45, 7) is 9.29. The van der Waals surface area contributed by atoms with Crippen LogP contribution in [-0.4, -0.2) is 33.1 Å². The fraction of sp³-hybridized carbons (Fsp3) is 0.269. The molecule has 0 unspecified atom stereocenters. The number of rotatable bonds is 6. The van der Waals surface area contributed by atoms with E-state index in [9.17, 15) is 9.18 Å². The van der Waals surface area contributed by atoms with Crippen molar-refractivity contribution in [3.63, 3.8) is 0 Å². The van der Waals surface area contributed by atoms with E-state index in [1.165, 1.54) is 17.2 Å². The molecule has 1 aliphatic carbocycles. The third kappa shape index (κ3) is 3.90. The molecule has 3 heterocycles. The van der Waals surface area contributed by atoms with Crippen LogP contribution >= 0.6 is 12.2 Å². The number of carbonyl (C=O) groups is 1. The first kappa shape index (κ1) is 22.9. The van der Waals surface area contributed by atoms with Crippen molar-refractivity contribution in [3.05, 3.63) is 83.4 Å². The number of thiocarbonyl (C=S) groups is 1. The third-order valence-corrected chi connectivity index (χ3v) is 6.90. The summed E-state index contributed by atoms with van der Waals surface area (Å²) in [5, 5.41) is 0.305. The molecular weight excluding hydrogens is 465 g/mol. The highest BCUT2D eigenvalue weighted by atomic mass is 32.1. The zero-order valence-corrected chi connectivity index (χ0v) is 19.9. The SMILES string of the molecule is [C-]#[N+]c1ncc(N2C(=O)C3(CCC3)N(c3ccc(F)c(OCCc4cccnc4)c3)C2=S)cc1C. The lowest BCUT2D eigenvalue weighted by Gasteiger charge is -2.43.